The second-order valence-corrected chi connectivity index (χ2v) is 6.11. The second-order valence-electron chi connectivity index (χ2n) is 5.73. The zero-order valence-electron chi connectivity index (χ0n) is 11.8. The molecular formula is C16H20ClFN2. The largest absolute Gasteiger partial charge is 0.325 e. The number of alkyl halides is 1. The molecule has 1 aliphatic rings. The molecule has 0 amide bonds. The first-order valence-electron chi connectivity index (χ1n) is 7.43. The highest BCUT2D eigenvalue weighted by molar-refractivity contribution is 6.17. The molecule has 0 N–H and O–H groups in total. The summed E-state index contributed by atoms with van der Waals surface area (Å²) in [7, 11) is 0. The standard InChI is InChI=1S/C16H20ClFN2/c1-11(12-5-2-3-6-12)20-14-8-4-7-13(18)16(14)19-15(20)9-10-17/h4,7-8,11-12H,2-3,5-6,9-10H2,1H3. The van der Waals surface area contributed by atoms with Crippen molar-refractivity contribution in [2.45, 2.75) is 45.1 Å². The first-order valence-corrected chi connectivity index (χ1v) is 7.97. The maximum Gasteiger partial charge on any atom is 0.151 e. The Labute approximate surface area is 123 Å². The van der Waals surface area contributed by atoms with E-state index in [4.69, 9.17) is 11.6 Å². The van der Waals surface area contributed by atoms with Crippen LogP contribution in [0.5, 0.6) is 0 Å². The van der Waals surface area contributed by atoms with Crippen LogP contribution in [0.3, 0.4) is 0 Å². The van der Waals surface area contributed by atoms with Gasteiger partial charge >= 0.3 is 0 Å². The summed E-state index contributed by atoms with van der Waals surface area (Å²) < 4.78 is 16.2. The smallest absolute Gasteiger partial charge is 0.151 e. The molecule has 1 atom stereocenters. The van der Waals surface area contributed by atoms with Crippen LogP contribution in [0.1, 0.15) is 44.5 Å². The number of hydrogen-bond acceptors (Lipinski definition) is 1. The van der Waals surface area contributed by atoms with Gasteiger partial charge in [0.25, 0.3) is 0 Å². The number of fused-ring (bicyclic) bond motifs is 1. The normalized spacial score (nSPS) is 17.9. The zero-order valence-corrected chi connectivity index (χ0v) is 12.5. The fourth-order valence-corrected chi connectivity index (χ4v) is 3.67. The lowest BCUT2D eigenvalue weighted by Crippen LogP contribution is -2.17. The molecule has 0 aliphatic heterocycles. The van der Waals surface area contributed by atoms with Crippen molar-refractivity contribution in [2.75, 3.05) is 5.88 Å². The van der Waals surface area contributed by atoms with Crippen LogP contribution in [0.2, 0.25) is 0 Å². The lowest BCUT2D eigenvalue weighted by molar-refractivity contribution is 0.360. The molecule has 0 bridgehead atoms. The first kappa shape index (κ1) is 13.9. The number of aromatic nitrogens is 2. The summed E-state index contributed by atoms with van der Waals surface area (Å²) in [6.07, 6.45) is 5.82. The van der Waals surface area contributed by atoms with Crippen molar-refractivity contribution in [1.82, 2.24) is 9.55 Å². The highest BCUT2D eigenvalue weighted by Crippen LogP contribution is 2.36. The van der Waals surface area contributed by atoms with Gasteiger partial charge in [0, 0.05) is 18.3 Å². The average Bonchev–Trinajstić information content (AvgIpc) is 3.06. The molecule has 3 rings (SSSR count). The highest BCUT2D eigenvalue weighted by Gasteiger charge is 2.26. The summed E-state index contributed by atoms with van der Waals surface area (Å²) in [5.41, 5.74) is 1.39. The van der Waals surface area contributed by atoms with Crippen molar-refractivity contribution in [1.29, 1.82) is 0 Å². The van der Waals surface area contributed by atoms with E-state index in [-0.39, 0.29) is 5.82 Å². The topological polar surface area (TPSA) is 17.8 Å². The van der Waals surface area contributed by atoms with E-state index in [1.54, 1.807) is 6.07 Å². The Hall–Kier alpha value is -1.09. The minimum Gasteiger partial charge on any atom is -0.325 e. The first-order chi connectivity index (χ1) is 9.72. The second kappa shape index (κ2) is 5.72. The minimum atomic E-state index is -0.240. The predicted octanol–water partition coefficient (Wildman–Crippen LogP) is 4.71. The van der Waals surface area contributed by atoms with E-state index in [0.717, 1.165) is 11.3 Å². The third-order valence-electron chi connectivity index (χ3n) is 4.55. The van der Waals surface area contributed by atoms with E-state index < -0.39 is 0 Å². The summed E-state index contributed by atoms with van der Waals surface area (Å²) in [6.45, 7) is 2.24. The third kappa shape index (κ3) is 2.32. The summed E-state index contributed by atoms with van der Waals surface area (Å²) in [6, 6.07) is 5.57. The van der Waals surface area contributed by atoms with Crippen molar-refractivity contribution < 1.29 is 4.39 Å². The Balaban J connectivity index is 2.10. The lowest BCUT2D eigenvalue weighted by atomic mass is 9.99. The molecule has 2 aromatic rings. The van der Waals surface area contributed by atoms with Crippen molar-refractivity contribution in [3.63, 3.8) is 0 Å². The Kier molecular flexibility index (Phi) is 3.97. The Morgan fingerprint density at radius 3 is 2.85 bits per heavy atom. The van der Waals surface area contributed by atoms with Gasteiger partial charge in [-0.25, -0.2) is 9.37 Å². The molecule has 1 fully saturated rings. The Morgan fingerprint density at radius 1 is 1.40 bits per heavy atom. The molecule has 1 aromatic heterocycles. The van der Waals surface area contributed by atoms with Crippen LogP contribution in [-0.2, 0) is 6.42 Å². The average molecular weight is 295 g/mol. The van der Waals surface area contributed by atoms with E-state index in [0.29, 0.717) is 29.8 Å². The molecular weight excluding hydrogens is 275 g/mol. The SMILES string of the molecule is CC(C1CCCC1)n1c(CCCl)nc2c(F)cccc21. The summed E-state index contributed by atoms with van der Waals surface area (Å²) in [5, 5.41) is 0. The molecule has 1 aliphatic carbocycles. The summed E-state index contributed by atoms with van der Waals surface area (Å²) >= 11 is 5.89. The van der Waals surface area contributed by atoms with Gasteiger partial charge in [-0.05, 0) is 37.8 Å². The van der Waals surface area contributed by atoms with Crippen LogP contribution in [0.15, 0.2) is 18.2 Å². The zero-order chi connectivity index (χ0) is 14.1. The highest BCUT2D eigenvalue weighted by atomic mass is 35.5. The van der Waals surface area contributed by atoms with Gasteiger partial charge in [-0.15, -0.1) is 11.6 Å². The van der Waals surface area contributed by atoms with Gasteiger partial charge in [-0.3, -0.25) is 0 Å². The van der Waals surface area contributed by atoms with Gasteiger partial charge in [0.05, 0.1) is 5.52 Å². The number of imidazole rings is 1. The third-order valence-corrected chi connectivity index (χ3v) is 4.74. The van der Waals surface area contributed by atoms with E-state index in [9.17, 15) is 4.39 Å². The van der Waals surface area contributed by atoms with Gasteiger partial charge in [0.15, 0.2) is 5.82 Å². The Morgan fingerprint density at radius 2 is 2.15 bits per heavy atom. The van der Waals surface area contributed by atoms with Gasteiger partial charge in [0.1, 0.15) is 11.3 Å². The van der Waals surface area contributed by atoms with Crippen molar-refractivity contribution in [3.8, 4) is 0 Å². The van der Waals surface area contributed by atoms with Crippen LogP contribution >= 0.6 is 11.6 Å². The van der Waals surface area contributed by atoms with Crippen molar-refractivity contribution in [2.24, 2.45) is 5.92 Å². The molecule has 1 saturated carbocycles. The lowest BCUT2D eigenvalue weighted by Gasteiger charge is -2.23. The van der Waals surface area contributed by atoms with E-state index >= 15 is 0 Å². The van der Waals surface area contributed by atoms with Crippen LogP contribution in [0.25, 0.3) is 11.0 Å². The number of hydrogen-bond donors (Lipinski definition) is 0. The molecule has 0 saturated heterocycles. The monoisotopic (exact) mass is 294 g/mol. The Bertz CT molecular complexity index is 602. The summed E-state index contributed by atoms with van der Waals surface area (Å²) in [5.74, 6) is 1.86. The quantitative estimate of drug-likeness (QED) is 0.747. The molecule has 2 nitrogen and oxygen atoms in total. The van der Waals surface area contributed by atoms with E-state index in [1.165, 1.54) is 31.7 Å². The van der Waals surface area contributed by atoms with Gasteiger partial charge in [-0.1, -0.05) is 18.9 Å². The number of para-hydroxylation sites is 1. The molecule has 0 radical (unpaired) electrons. The number of aryl methyl sites for hydroxylation is 1. The fourth-order valence-electron chi connectivity index (χ4n) is 3.50. The molecule has 1 heterocycles. The maximum atomic E-state index is 14.0. The number of rotatable bonds is 4. The maximum absolute atomic E-state index is 14.0. The molecule has 1 unspecified atom stereocenters. The minimum absolute atomic E-state index is 0.240. The molecule has 0 spiro atoms. The van der Waals surface area contributed by atoms with Crippen LogP contribution in [-0.4, -0.2) is 15.4 Å². The molecule has 20 heavy (non-hydrogen) atoms. The van der Waals surface area contributed by atoms with Crippen LogP contribution in [0.4, 0.5) is 4.39 Å². The predicted molar refractivity (Wildman–Crippen MR) is 80.8 cm³/mol. The van der Waals surface area contributed by atoms with E-state index in [2.05, 4.69) is 16.5 Å². The van der Waals surface area contributed by atoms with Crippen LogP contribution in [0, 0.1) is 11.7 Å². The van der Waals surface area contributed by atoms with Crippen molar-refractivity contribution in [3.05, 3.63) is 29.8 Å². The number of halogens is 2. The number of benzene rings is 1. The summed E-state index contributed by atoms with van der Waals surface area (Å²) in [4.78, 5) is 4.50. The molecule has 1 aromatic carbocycles. The van der Waals surface area contributed by atoms with Crippen molar-refractivity contribution >= 4 is 22.6 Å². The van der Waals surface area contributed by atoms with Crippen LogP contribution < -0.4 is 0 Å². The fraction of sp³-hybridized carbons (Fsp3) is 0.562. The van der Waals surface area contributed by atoms with Gasteiger partial charge in [-0.2, -0.15) is 0 Å². The van der Waals surface area contributed by atoms with Gasteiger partial charge in [0.2, 0.25) is 0 Å². The molecule has 108 valence electrons. The molecule has 4 heteroatoms. The van der Waals surface area contributed by atoms with E-state index in [1.807, 2.05) is 6.07 Å². The van der Waals surface area contributed by atoms with Gasteiger partial charge < -0.3 is 4.57 Å². The number of nitrogens with zero attached hydrogens (tertiary/aromatic N) is 2.